The number of nitrogens with one attached hydrogen (secondary N) is 2. The summed E-state index contributed by atoms with van der Waals surface area (Å²) in [7, 11) is 3.63. The Morgan fingerprint density at radius 2 is 2.26 bits per heavy atom. The van der Waals surface area contributed by atoms with Crippen LogP contribution in [0.1, 0.15) is 35.2 Å². The van der Waals surface area contributed by atoms with Gasteiger partial charge < -0.3 is 10.6 Å². The maximum atomic E-state index is 12.6. The van der Waals surface area contributed by atoms with Crippen molar-refractivity contribution in [2.75, 3.05) is 7.05 Å². The molecule has 0 fully saturated rings. The van der Waals surface area contributed by atoms with E-state index in [2.05, 4.69) is 43.8 Å². The van der Waals surface area contributed by atoms with Crippen LogP contribution in [-0.4, -0.2) is 22.7 Å². The van der Waals surface area contributed by atoms with E-state index in [-0.39, 0.29) is 30.4 Å². The molecule has 0 bridgehead atoms. The lowest BCUT2D eigenvalue weighted by atomic mass is 10.1. The molecule has 2 unspecified atom stereocenters. The minimum absolute atomic E-state index is 0. The molecule has 0 aliphatic heterocycles. The Labute approximate surface area is 150 Å². The molecular formula is C16H20BrClN4O. The Hall–Kier alpha value is -1.37. The molecule has 2 N–H and O–H groups in total. The van der Waals surface area contributed by atoms with E-state index in [4.69, 9.17) is 0 Å². The lowest BCUT2D eigenvalue weighted by Gasteiger charge is -2.19. The van der Waals surface area contributed by atoms with Crippen LogP contribution in [0.5, 0.6) is 0 Å². The Bertz CT molecular complexity index is 703. The first kappa shape index (κ1) is 18.0. The highest BCUT2D eigenvalue weighted by Crippen LogP contribution is 2.35. The lowest BCUT2D eigenvalue weighted by Crippen LogP contribution is -2.37. The number of halogens is 2. The van der Waals surface area contributed by atoms with Gasteiger partial charge in [0.2, 0.25) is 5.91 Å². The van der Waals surface area contributed by atoms with Gasteiger partial charge in [0, 0.05) is 23.3 Å². The second-order valence-corrected chi connectivity index (χ2v) is 6.43. The van der Waals surface area contributed by atoms with Gasteiger partial charge in [0.05, 0.1) is 12.2 Å². The van der Waals surface area contributed by atoms with Crippen LogP contribution in [-0.2, 0) is 18.3 Å². The van der Waals surface area contributed by atoms with Crippen LogP contribution < -0.4 is 10.6 Å². The first-order valence-electron chi connectivity index (χ1n) is 7.33. The van der Waals surface area contributed by atoms with Gasteiger partial charge in [-0.3, -0.25) is 9.48 Å². The fourth-order valence-electron chi connectivity index (χ4n) is 3.05. The maximum Gasteiger partial charge on any atom is 0.242 e. The average molecular weight is 400 g/mol. The van der Waals surface area contributed by atoms with Gasteiger partial charge in [-0.15, -0.1) is 12.4 Å². The zero-order valence-electron chi connectivity index (χ0n) is 13.0. The van der Waals surface area contributed by atoms with Crippen LogP contribution in [0.3, 0.4) is 0 Å². The van der Waals surface area contributed by atoms with Crippen LogP contribution in [0.25, 0.3) is 0 Å². The monoisotopic (exact) mass is 398 g/mol. The van der Waals surface area contributed by atoms with Crippen LogP contribution in [0.15, 0.2) is 35.1 Å². The summed E-state index contributed by atoms with van der Waals surface area (Å²) < 4.78 is 2.83. The van der Waals surface area contributed by atoms with E-state index in [0.29, 0.717) is 0 Å². The quantitative estimate of drug-likeness (QED) is 0.831. The predicted octanol–water partition coefficient (Wildman–Crippen LogP) is 2.67. The molecular weight excluding hydrogens is 380 g/mol. The number of rotatable bonds is 4. The molecule has 0 saturated heterocycles. The number of hydrogen-bond acceptors (Lipinski definition) is 3. The van der Waals surface area contributed by atoms with E-state index < -0.39 is 0 Å². The van der Waals surface area contributed by atoms with E-state index >= 15 is 0 Å². The van der Waals surface area contributed by atoms with Gasteiger partial charge in [-0.1, -0.05) is 28.1 Å². The number of aryl methyl sites for hydroxylation is 1. The summed E-state index contributed by atoms with van der Waals surface area (Å²) in [6.07, 6.45) is 5.51. The molecule has 1 aromatic heterocycles. The lowest BCUT2D eigenvalue weighted by molar-refractivity contribution is -0.123. The van der Waals surface area contributed by atoms with Gasteiger partial charge in [-0.2, -0.15) is 5.10 Å². The highest BCUT2D eigenvalue weighted by molar-refractivity contribution is 9.10. The number of nitrogens with zero attached hydrogens (tertiary/aromatic N) is 2. The van der Waals surface area contributed by atoms with Crippen molar-refractivity contribution in [2.45, 2.75) is 24.9 Å². The second-order valence-electron chi connectivity index (χ2n) is 5.58. The predicted molar refractivity (Wildman–Crippen MR) is 95.6 cm³/mol. The van der Waals surface area contributed by atoms with E-state index in [0.717, 1.165) is 22.9 Å². The minimum atomic E-state index is -0.384. The van der Waals surface area contributed by atoms with Crippen LogP contribution in [0.2, 0.25) is 0 Å². The normalized spacial score (nSPS) is 17.3. The molecule has 1 aliphatic carbocycles. The number of carbonyl (C=O) groups excluding carboxylic acids is 1. The third kappa shape index (κ3) is 3.59. The summed E-state index contributed by atoms with van der Waals surface area (Å²) in [5.74, 6) is -0.0201. The van der Waals surface area contributed by atoms with Crippen molar-refractivity contribution < 1.29 is 4.79 Å². The van der Waals surface area contributed by atoms with Gasteiger partial charge in [0.15, 0.2) is 0 Å². The Morgan fingerprint density at radius 3 is 2.91 bits per heavy atom. The van der Waals surface area contributed by atoms with E-state index in [1.54, 1.807) is 17.9 Å². The highest BCUT2D eigenvalue weighted by atomic mass is 79.9. The van der Waals surface area contributed by atoms with Crippen molar-refractivity contribution in [2.24, 2.45) is 7.05 Å². The largest absolute Gasteiger partial charge is 0.348 e. The van der Waals surface area contributed by atoms with Gasteiger partial charge in [-0.05, 0) is 37.1 Å². The molecule has 3 rings (SSSR count). The molecule has 1 heterocycles. The molecule has 0 radical (unpaired) electrons. The summed E-state index contributed by atoms with van der Waals surface area (Å²) >= 11 is 3.59. The molecule has 2 aromatic rings. The molecule has 1 amide bonds. The molecule has 7 heteroatoms. The number of likely N-dealkylation sites (N-methyl/N-ethyl adjacent to an activating group) is 1. The number of amides is 1. The summed E-state index contributed by atoms with van der Waals surface area (Å²) in [5, 5.41) is 10.4. The van der Waals surface area contributed by atoms with Crippen LogP contribution in [0.4, 0.5) is 0 Å². The molecule has 1 aliphatic rings. The Kier molecular flexibility index (Phi) is 5.84. The summed E-state index contributed by atoms with van der Waals surface area (Å²) in [6, 6.07) is 5.85. The average Bonchev–Trinajstić information content (AvgIpc) is 3.08. The first-order valence-corrected chi connectivity index (χ1v) is 8.13. The van der Waals surface area contributed by atoms with Gasteiger partial charge in [0.1, 0.15) is 6.04 Å². The SMILES string of the molecule is CNC(C(=O)NC1CCc2c(Br)cccc21)c1cnn(C)c1.Cl. The molecule has 0 spiro atoms. The topological polar surface area (TPSA) is 59.0 Å². The minimum Gasteiger partial charge on any atom is -0.348 e. The second kappa shape index (κ2) is 7.47. The van der Waals surface area contributed by atoms with Crippen molar-refractivity contribution in [3.63, 3.8) is 0 Å². The van der Waals surface area contributed by atoms with Crippen molar-refractivity contribution in [3.8, 4) is 0 Å². The van der Waals surface area contributed by atoms with Gasteiger partial charge in [0.25, 0.3) is 0 Å². The molecule has 2 atom stereocenters. The number of fused-ring (bicyclic) bond motifs is 1. The van der Waals surface area contributed by atoms with Crippen molar-refractivity contribution in [3.05, 3.63) is 51.8 Å². The Morgan fingerprint density at radius 1 is 1.48 bits per heavy atom. The third-order valence-corrected chi connectivity index (χ3v) is 4.88. The smallest absolute Gasteiger partial charge is 0.242 e. The number of hydrogen-bond donors (Lipinski definition) is 2. The molecule has 23 heavy (non-hydrogen) atoms. The van der Waals surface area contributed by atoms with Gasteiger partial charge in [-0.25, -0.2) is 0 Å². The fraction of sp³-hybridized carbons (Fsp3) is 0.375. The number of carbonyl (C=O) groups is 1. The highest BCUT2D eigenvalue weighted by Gasteiger charge is 2.28. The zero-order chi connectivity index (χ0) is 15.7. The van der Waals surface area contributed by atoms with E-state index in [1.165, 1.54) is 11.1 Å². The van der Waals surface area contributed by atoms with Crippen molar-refractivity contribution in [1.29, 1.82) is 0 Å². The van der Waals surface area contributed by atoms with Gasteiger partial charge >= 0.3 is 0 Å². The molecule has 0 saturated carbocycles. The number of aromatic nitrogens is 2. The maximum absolute atomic E-state index is 12.6. The summed E-state index contributed by atoms with van der Waals surface area (Å²) in [4.78, 5) is 12.6. The van der Waals surface area contributed by atoms with Crippen LogP contribution >= 0.6 is 28.3 Å². The summed E-state index contributed by atoms with van der Waals surface area (Å²) in [5.41, 5.74) is 3.38. The van der Waals surface area contributed by atoms with Crippen molar-refractivity contribution >= 4 is 34.2 Å². The first-order chi connectivity index (χ1) is 10.6. The molecule has 124 valence electrons. The van der Waals surface area contributed by atoms with E-state index in [9.17, 15) is 4.79 Å². The summed E-state index contributed by atoms with van der Waals surface area (Å²) in [6.45, 7) is 0. The molecule has 5 nitrogen and oxygen atoms in total. The zero-order valence-corrected chi connectivity index (χ0v) is 15.4. The van der Waals surface area contributed by atoms with Crippen molar-refractivity contribution in [1.82, 2.24) is 20.4 Å². The van der Waals surface area contributed by atoms with E-state index in [1.807, 2.05) is 19.3 Å². The third-order valence-electron chi connectivity index (χ3n) is 4.14. The standard InChI is InChI=1S/C16H19BrN4O.ClH/c1-18-15(10-8-19-21(2)9-10)16(22)20-14-7-6-11-12(14)4-3-5-13(11)17;/h3-5,8-9,14-15,18H,6-7H2,1-2H3,(H,20,22);1H. The Balaban J connectivity index is 0.00000192. The van der Waals surface area contributed by atoms with Crippen LogP contribution in [0, 0.1) is 0 Å². The fourth-order valence-corrected chi connectivity index (χ4v) is 3.63. The number of benzene rings is 1. The molecule has 1 aromatic carbocycles.